The smallest absolute Gasteiger partial charge is 0.222 e. The second-order valence-corrected chi connectivity index (χ2v) is 6.59. The molecule has 0 atom stereocenters. The average molecular weight is 496 g/mol. The van der Waals surface area contributed by atoms with Gasteiger partial charge in [0, 0.05) is 39.6 Å². The molecule has 0 aliphatic carbocycles. The molecule has 150 valence electrons. The number of nitrogens with zero attached hydrogens (tertiary/aromatic N) is 2. The third kappa shape index (κ3) is 6.19. The maximum atomic E-state index is 13.0. The molecule has 0 spiro atoms. The number of carbonyl (C=O) groups excluding carboxylic acids is 1. The number of hydrogen-bond acceptors (Lipinski definition) is 2. The number of amides is 1. The molecule has 3 rings (SSSR count). The minimum atomic E-state index is -0.241. The van der Waals surface area contributed by atoms with Crippen LogP contribution in [0, 0.1) is 5.82 Å². The molecule has 28 heavy (non-hydrogen) atoms. The lowest BCUT2D eigenvalue weighted by Gasteiger charge is -2.19. The highest BCUT2D eigenvalue weighted by molar-refractivity contribution is 14.0. The highest BCUT2D eigenvalue weighted by Gasteiger charge is 2.20. The number of likely N-dealkylation sites (tertiary alicyclic amines) is 1. The van der Waals surface area contributed by atoms with Crippen LogP contribution in [0.3, 0.4) is 0 Å². The van der Waals surface area contributed by atoms with Crippen molar-refractivity contribution in [1.82, 2.24) is 15.5 Å². The van der Waals surface area contributed by atoms with Gasteiger partial charge < -0.3 is 15.5 Å². The van der Waals surface area contributed by atoms with Crippen molar-refractivity contribution >= 4 is 35.8 Å². The fraction of sp³-hybridized carbons (Fsp3) is 0.333. The molecule has 0 saturated carbocycles. The van der Waals surface area contributed by atoms with Crippen molar-refractivity contribution < 1.29 is 9.18 Å². The van der Waals surface area contributed by atoms with Crippen molar-refractivity contribution in [2.75, 3.05) is 13.6 Å². The number of hydrogen-bond donors (Lipinski definition) is 2. The van der Waals surface area contributed by atoms with E-state index in [0.29, 0.717) is 32.0 Å². The van der Waals surface area contributed by atoms with Gasteiger partial charge in [-0.25, -0.2) is 4.39 Å². The first kappa shape index (κ1) is 22.1. The van der Waals surface area contributed by atoms with Crippen LogP contribution in [-0.2, 0) is 24.4 Å². The van der Waals surface area contributed by atoms with E-state index in [1.54, 1.807) is 19.2 Å². The Morgan fingerprint density at radius 2 is 1.75 bits per heavy atom. The predicted molar refractivity (Wildman–Crippen MR) is 120 cm³/mol. The minimum absolute atomic E-state index is 0. The quantitative estimate of drug-likeness (QED) is 0.366. The zero-order valence-electron chi connectivity index (χ0n) is 16.0. The van der Waals surface area contributed by atoms with Crippen molar-refractivity contribution in [3.8, 4) is 0 Å². The van der Waals surface area contributed by atoms with Gasteiger partial charge in [-0.1, -0.05) is 36.4 Å². The average Bonchev–Trinajstić information content (AvgIpc) is 3.09. The van der Waals surface area contributed by atoms with Gasteiger partial charge in [-0.2, -0.15) is 0 Å². The van der Waals surface area contributed by atoms with E-state index in [4.69, 9.17) is 0 Å². The molecule has 1 aliphatic heterocycles. The van der Waals surface area contributed by atoms with Gasteiger partial charge >= 0.3 is 0 Å². The summed E-state index contributed by atoms with van der Waals surface area (Å²) < 4.78 is 13.0. The molecular weight excluding hydrogens is 470 g/mol. The van der Waals surface area contributed by atoms with Crippen LogP contribution >= 0.6 is 24.0 Å². The van der Waals surface area contributed by atoms with Crippen molar-refractivity contribution in [1.29, 1.82) is 0 Å². The second kappa shape index (κ2) is 11.0. The Morgan fingerprint density at radius 3 is 2.39 bits per heavy atom. The van der Waals surface area contributed by atoms with Gasteiger partial charge in [0.1, 0.15) is 5.82 Å². The molecule has 2 aromatic rings. The van der Waals surface area contributed by atoms with Gasteiger partial charge in [0.05, 0.1) is 0 Å². The molecule has 1 fully saturated rings. The maximum Gasteiger partial charge on any atom is 0.222 e. The van der Waals surface area contributed by atoms with Crippen LogP contribution in [0.15, 0.2) is 53.5 Å². The molecule has 7 heteroatoms. The number of carbonyl (C=O) groups is 1. The van der Waals surface area contributed by atoms with Crippen LogP contribution in [0.2, 0.25) is 0 Å². The summed E-state index contributed by atoms with van der Waals surface area (Å²) in [6.07, 6.45) is 1.60. The van der Waals surface area contributed by atoms with Gasteiger partial charge in [0.2, 0.25) is 5.91 Å². The van der Waals surface area contributed by atoms with E-state index < -0.39 is 0 Å². The number of rotatable bonds is 6. The summed E-state index contributed by atoms with van der Waals surface area (Å²) in [7, 11) is 1.72. The Kier molecular flexibility index (Phi) is 8.69. The number of benzene rings is 2. The number of nitrogens with one attached hydrogen (secondary N) is 2. The van der Waals surface area contributed by atoms with Gasteiger partial charge in [-0.3, -0.25) is 9.79 Å². The van der Waals surface area contributed by atoms with Crippen molar-refractivity contribution in [3.63, 3.8) is 0 Å². The number of halogens is 2. The Balaban J connectivity index is 0.00000280. The summed E-state index contributed by atoms with van der Waals surface area (Å²) in [5.74, 6) is 0.662. The second-order valence-electron chi connectivity index (χ2n) is 6.59. The van der Waals surface area contributed by atoms with E-state index in [0.717, 1.165) is 29.7 Å². The molecule has 0 radical (unpaired) electrons. The van der Waals surface area contributed by atoms with E-state index >= 15 is 0 Å². The molecule has 2 N–H and O–H groups in total. The molecule has 0 unspecified atom stereocenters. The molecule has 1 amide bonds. The first-order chi connectivity index (χ1) is 13.2. The molecule has 1 aliphatic rings. The van der Waals surface area contributed by atoms with Crippen molar-refractivity contribution in [3.05, 3.63) is 71.0 Å². The summed E-state index contributed by atoms with van der Waals surface area (Å²) in [5, 5.41) is 6.53. The summed E-state index contributed by atoms with van der Waals surface area (Å²) in [6.45, 7) is 2.66. The number of guanidine groups is 1. The molecule has 1 saturated heterocycles. The number of aliphatic imine (C=N–C) groups is 1. The third-order valence-electron chi connectivity index (χ3n) is 4.69. The summed E-state index contributed by atoms with van der Waals surface area (Å²) in [6, 6.07) is 14.5. The molecule has 0 aromatic heterocycles. The lowest BCUT2D eigenvalue weighted by Crippen LogP contribution is -2.36. The molecular formula is C21H26FIN4O. The Labute approximate surface area is 182 Å². The Morgan fingerprint density at radius 1 is 1.07 bits per heavy atom. The lowest BCUT2D eigenvalue weighted by atomic mass is 10.1. The van der Waals surface area contributed by atoms with E-state index in [1.807, 2.05) is 17.0 Å². The van der Waals surface area contributed by atoms with Gasteiger partial charge in [0.15, 0.2) is 5.96 Å². The normalized spacial score (nSPS) is 14.0. The molecule has 1 heterocycles. The standard InChI is InChI=1S/C21H25FN4O.HI/c1-23-21(24-13-16-8-10-19(22)11-9-16)25-14-17-5-2-3-6-18(17)15-26-12-4-7-20(26)27;/h2-3,5-6,8-11H,4,7,12-15H2,1H3,(H2,23,24,25);1H. The molecule has 5 nitrogen and oxygen atoms in total. The van der Waals surface area contributed by atoms with E-state index in [2.05, 4.69) is 27.8 Å². The Hall–Kier alpha value is -2.16. The zero-order valence-corrected chi connectivity index (χ0v) is 18.3. The maximum absolute atomic E-state index is 13.0. The first-order valence-electron chi connectivity index (χ1n) is 9.19. The molecule has 2 aromatic carbocycles. The highest BCUT2D eigenvalue weighted by Crippen LogP contribution is 2.17. The van der Waals surface area contributed by atoms with Gasteiger partial charge in [0.25, 0.3) is 0 Å². The summed E-state index contributed by atoms with van der Waals surface area (Å²) >= 11 is 0. The summed E-state index contributed by atoms with van der Waals surface area (Å²) in [4.78, 5) is 18.1. The largest absolute Gasteiger partial charge is 0.352 e. The van der Waals surface area contributed by atoms with E-state index in [-0.39, 0.29) is 35.7 Å². The van der Waals surface area contributed by atoms with E-state index in [1.165, 1.54) is 12.1 Å². The van der Waals surface area contributed by atoms with Crippen LogP contribution in [0.25, 0.3) is 0 Å². The summed E-state index contributed by atoms with van der Waals surface area (Å²) in [5.41, 5.74) is 3.27. The minimum Gasteiger partial charge on any atom is -0.352 e. The fourth-order valence-corrected chi connectivity index (χ4v) is 3.15. The van der Waals surface area contributed by atoms with Crippen LogP contribution in [0.1, 0.15) is 29.5 Å². The van der Waals surface area contributed by atoms with Crippen LogP contribution < -0.4 is 10.6 Å². The van der Waals surface area contributed by atoms with Crippen LogP contribution in [-0.4, -0.2) is 30.4 Å². The van der Waals surface area contributed by atoms with E-state index in [9.17, 15) is 9.18 Å². The monoisotopic (exact) mass is 496 g/mol. The van der Waals surface area contributed by atoms with Crippen molar-refractivity contribution in [2.45, 2.75) is 32.5 Å². The third-order valence-corrected chi connectivity index (χ3v) is 4.69. The predicted octanol–water partition coefficient (Wildman–Crippen LogP) is 3.43. The SMILES string of the molecule is CN=C(NCc1ccc(F)cc1)NCc1ccccc1CN1CCCC1=O.I. The lowest BCUT2D eigenvalue weighted by molar-refractivity contribution is -0.128. The van der Waals surface area contributed by atoms with Gasteiger partial charge in [-0.15, -0.1) is 24.0 Å². The van der Waals surface area contributed by atoms with Crippen molar-refractivity contribution in [2.24, 2.45) is 4.99 Å². The zero-order chi connectivity index (χ0) is 19.1. The first-order valence-corrected chi connectivity index (χ1v) is 9.19. The van der Waals surface area contributed by atoms with Crippen LogP contribution in [0.4, 0.5) is 4.39 Å². The topological polar surface area (TPSA) is 56.7 Å². The van der Waals surface area contributed by atoms with Crippen LogP contribution in [0.5, 0.6) is 0 Å². The highest BCUT2D eigenvalue weighted by atomic mass is 127. The Bertz CT molecular complexity index is 810. The fourth-order valence-electron chi connectivity index (χ4n) is 3.15. The molecule has 0 bridgehead atoms. The van der Waals surface area contributed by atoms with Gasteiger partial charge in [-0.05, 0) is 35.2 Å².